The first-order chi connectivity index (χ1) is 12.5. The monoisotopic (exact) mass is 393 g/mol. The maximum Gasteiger partial charge on any atom is 0.251 e. The van der Waals surface area contributed by atoms with Crippen LogP contribution in [0.2, 0.25) is 0 Å². The van der Waals surface area contributed by atoms with E-state index in [4.69, 9.17) is 0 Å². The molecule has 2 heterocycles. The fourth-order valence-corrected chi connectivity index (χ4v) is 5.01. The molecule has 0 bridgehead atoms. The number of rotatable bonds is 6. The van der Waals surface area contributed by atoms with Gasteiger partial charge in [-0.25, -0.2) is 8.42 Å². The number of hydrogen-bond donors (Lipinski definition) is 1. The summed E-state index contributed by atoms with van der Waals surface area (Å²) in [7, 11) is -1.59. The number of likely N-dealkylation sites (N-methyl/N-ethyl adjacent to an activating group) is 1. The summed E-state index contributed by atoms with van der Waals surface area (Å²) in [6.07, 6.45) is 0.767. The van der Waals surface area contributed by atoms with Crippen LogP contribution in [-0.2, 0) is 16.4 Å². The number of benzene rings is 1. The van der Waals surface area contributed by atoms with Gasteiger partial charge in [-0.2, -0.15) is 4.31 Å². The lowest BCUT2D eigenvalue weighted by Crippen LogP contribution is -2.47. The van der Waals surface area contributed by atoms with Crippen molar-refractivity contribution in [2.24, 2.45) is 0 Å². The van der Waals surface area contributed by atoms with E-state index < -0.39 is 10.0 Å². The van der Waals surface area contributed by atoms with Gasteiger partial charge in [0.05, 0.1) is 4.90 Å². The molecule has 1 aliphatic heterocycles. The van der Waals surface area contributed by atoms with E-state index in [0.29, 0.717) is 38.3 Å². The standard InChI is InChI=1S/C18H23N3O3S2/c1-20-9-11-21(12-10-20)26(23,24)17-6-2-4-15(14-17)18(22)19-8-7-16-5-3-13-25-16/h2-6,13-14H,7-12H2,1H3,(H,19,22). The van der Waals surface area contributed by atoms with Crippen molar-refractivity contribution >= 4 is 27.3 Å². The number of thiophene rings is 1. The van der Waals surface area contributed by atoms with Crippen molar-refractivity contribution in [2.45, 2.75) is 11.3 Å². The second-order valence-electron chi connectivity index (χ2n) is 6.32. The molecule has 1 fully saturated rings. The van der Waals surface area contributed by atoms with Gasteiger partial charge in [-0.15, -0.1) is 11.3 Å². The van der Waals surface area contributed by atoms with E-state index in [0.717, 1.165) is 6.42 Å². The molecule has 0 atom stereocenters. The topological polar surface area (TPSA) is 69.7 Å². The molecule has 0 unspecified atom stereocenters. The summed E-state index contributed by atoms with van der Waals surface area (Å²) in [4.78, 5) is 15.8. The predicted octanol–water partition coefficient (Wildman–Crippen LogP) is 1.66. The average Bonchev–Trinajstić information content (AvgIpc) is 3.15. The van der Waals surface area contributed by atoms with Crippen molar-refractivity contribution in [3.05, 3.63) is 52.2 Å². The van der Waals surface area contributed by atoms with Crippen LogP contribution in [0.25, 0.3) is 0 Å². The summed E-state index contributed by atoms with van der Waals surface area (Å²) < 4.78 is 27.1. The van der Waals surface area contributed by atoms with Crippen molar-refractivity contribution in [1.82, 2.24) is 14.5 Å². The molecule has 0 saturated carbocycles. The minimum Gasteiger partial charge on any atom is -0.352 e. The number of hydrogen-bond acceptors (Lipinski definition) is 5. The Hall–Kier alpha value is -1.74. The molecule has 2 aromatic rings. The quantitative estimate of drug-likeness (QED) is 0.810. The Labute approximate surface area is 158 Å². The number of amides is 1. The third-order valence-corrected chi connectivity index (χ3v) is 7.26. The molecule has 3 rings (SSSR count). The van der Waals surface area contributed by atoms with Crippen LogP contribution in [0.15, 0.2) is 46.7 Å². The zero-order valence-corrected chi connectivity index (χ0v) is 16.4. The lowest BCUT2D eigenvalue weighted by molar-refractivity contribution is 0.0954. The molecule has 1 aromatic carbocycles. The van der Waals surface area contributed by atoms with Crippen LogP contribution in [0.5, 0.6) is 0 Å². The molecule has 0 spiro atoms. The number of carbonyl (C=O) groups is 1. The highest BCUT2D eigenvalue weighted by Crippen LogP contribution is 2.18. The molecule has 6 nitrogen and oxygen atoms in total. The van der Waals surface area contributed by atoms with Crippen LogP contribution in [0.4, 0.5) is 0 Å². The summed E-state index contributed by atoms with van der Waals surface area (Å²) in [5.41, 5.74) is 0.367. The number of sulfonamides is 1. The summed E-state index contributed by atoms with van der Waals surface area (Å²) >= 11 is 1.65. The van der Waals surface area contributed by atoms with Crippen LogP contribution < -0.4 is 5.32 Å². The zero-order valence-electron chi connectivity index (χ0n) is 14.7. The molecule has 1 saturated heterocycles. The Morgan fingerprint density at radius 2 is 1.92 bits per heavy atom. The highest BCUT2D eigenvalue weighted by molar-refractivity contribution is 7.89. The highest BCUT2D eigenvalue weighted by atomic mass is 32.2. The van der Waals surface area contributed by atoms with Crippen LogP contribution in [0, 0.1) is 0 Å². The van der Waals surface area contributed by atoms with Gasteiger partial charge in [-0.05, 0) is 43.1 Å². The molecular formula is C18H23N3O3S2. The first kappa shape index (κ1) is 19.0. The second-order valence-corrected chi connectivity index (χ2v) is 9.29. The molecule has 8 heteroatoms. The zero-order chi connectivity index (χ0) is 18.6. The van der Waals surface area contributed by atoms with Gasteiger partial charge in [0.2, 0.25) is 10.0 Å². The molecule has 26 heavy (non-hydrogen) atoms. The van der Waals surface area contributed by atoms with Gasteiger partial charge in [0.1, 0.15) is 0 Å². The van der Waals surface area contributed by atoms with E-state index in [-0.39, 0.29) is 10.8 Å². The van der Waals surface area contributed by atoms with E-state index >= 15 is 0 Å². The maximum atomic E-state index is 12.8. The minimum atomic E-state index is -3.57. The smallest absolute Gasteiger partial charge is 0.251 e. The normalized spacial score (nSPS) is 16.5. The Morgan fingerprint density at radius 3 is 2.62 bits per heavy atom. The first-order valence-electron chi connectivity index (χ1n) is 8.56. The van der Waals surface area contributed by atoms with Gasteiger partial charge in [0.25, 0.3) is 5.91 Å². The maximum absolute atomic E-state index is 12.8. The molecule has 140 valence electrons. The Balaban J connectivity index is 1.66. The summed E-state index contributed by atoms with van der Waals surface area (Å²) in [5.74, 6) is -0.253. The fraction of sp³-hybridized carbons (Fsp3) is 0.389. The van der Waals surface area contributed by atoms with Gasteiger partial charge in [0.15, 0.2) is 0 Å². The molecule has 0 radical (unpaired) electrons. The molecule has 1 aliphatic rings. The van der Waals surface area contributed by atoms with Crippen molar-refractivity contribution in [3.8, 4) is 0 Å². The summed E-state index contributed by atoms with van der Waals surface area (Å²) in [5, 5.41) is 4.86. The third-order valence-electron chi connectivity index (χ3n) is 4.43. The van der Waals surface area contributed by atoms with Crippen LogP contribution >= 0.6 is 11.3 Å². The second kappa shape index (κ2) is 8.30. The van der Waals surface area contributed by atoms with Gasteiger partial charge in [0, 0.05) is 43.2 Å². The van der Waals surface area contributed by atoms with Crippen molar-refractivity contribution in [1.29, 1.82) is 0 Å². The van der Waals surface area contributed by atoms with Crippen molar-refractivity contribution in [3.63, 3.8) is 0 Å². The van der Waals surface area contributed by atoms with E-state index in [9.17, 15) is 13.2 Å². The average molecular weight is 394 g/mol. The first-order valence-corrected chi connectivity index (χ1v) is 10.9. The number of nitrogens with one attached hydrogen (secondary N) is 1. The van der Waals surface area contributed by atoms with Gasteiger partial charge in [-0.1, -0.05) is 12.1 Å². The summed E-state index contributed by atoms with van der Waals surface area (Å²) in [6.45, 7) is 2.88. The number of nitrogens with zero attached hydrogens (tertiary/aromatic N) is 2. The Bertz CT molecular complexity index is 842. The lowest BCUT2D eigenvalue weighted by atomic mass is 10.2. The Kier molecular flexibility index (Phi) is 6.08. The number of piperazine rings is 1. The summed E-state index contributed by atoms with van der Waals surface area (Å²) in [6, 6.07) is 10.3. The lowest BCUT2D eigenvalue weighted by Gasteiger charge is -2.31. The highest BCUT2D eigenvalue weighted by Gasteiger charge is 2.27. The van der Waals surface area contributed by atoms with Crippen LogP contribution in [-0.4, -0.2) is 63.3 Å². The van der Waals surface area contributed by atoms with Crippen molar-refractivity contribution in [2.75, 3.05) is 39.8 Å². The van der Waals surface area contributed by atoms with Crippen LogP contribution in [0.3, 0.4) is 0 Å². The molecule has 0 aliphatic carbocycles. The van der Waals surface area contributed by atoms with E-state index in [2.05, 4.69) is 10.2 Å². The van der Waals surface area contributed by atoms with Crippen molar-refractivity contribution < 1.29 is 13.2 Å². The van der Waals surface area contributed by atoms with Crippen LogP contribution in [0.1, 0.15) is 15.2 Å². The molecular weight excluding hydrogens is 370 g/mol. The van der Waals surface area contributed by atoms with E-state index in [1.54, 1.807) is 29.5 Å². The van der Waals surface area contributed by atoms with E-state index in [1.807, 2.05) is 24.6 Å². The third kappa shape index (κ3) is 4.50. The van der Waals surface area contributed by atoms with Gasteiger partial charge >= 0.3 is 0 Å². The molecule has 1 N–H and O–H groups in total. The predicted molar refractivity (Wildman–Crippen MR) is 103 cm³/mol. The SMILES string of the molecule is CN1CCN(S(=O)(=O)c2cccc(C(=O)NCCc3cccs3)c2)CC1. The molecule has 1 amide bonds. The minimum absolute atomic E-state index is 0.174. The largest absolute Gasteiger partial charge is 0.352 e. The number of carbonyl (C=O) groups excluding carboxylic acids is 1. The molecule has 1 aromatic heterocycles. The van der Waals surface area contributed by atoms with Gasteiger partial charge < -0.3 is 10.2 Å². The fourth-order valence-electron chi connectivity index (χ4n) is 2.83. The van der Waals surface area contributed by atoms with E-state index in [1.165, 1.54) is 15.2 Å². The van der Waals surface area contributed by atoms with Gasteiger partial charge in [-0.3, -0.25) is 4.79 Å². The Morgan fingerprint density at radius 1 is 1.15 bits per heavy atom.